The van der Waals surface area contributed by atoms with Gasteiger partial charge in [0.05, 0.1) is 24.4 Å². The first-order valence-electron chi connectivity index (χ1n) is 10.8. The van der Waals surface area contributed by atoms with Gasteiger partial charge < -0.3 is 19.6 Å². The van der Waals surface area contributed by atoms with Crippen LogP contribution in [0.3, 0.4) is 0 Å². The van der Waals surface area contributed by atoms with Gasteiger partial charge in [-0.05, 0) is 42.3 Å². The highest BCUT2D eigenvalue weighted by Gasteiger charge is 2.46. The van der Waals surface area contributed by atoms with Crippen LogP contribution >= 0.6 is 0 Å². The van der Waals surface area contributed by atoms with Gasteiger partial charge >= 0.3 is 0 Å². The van der Waals surface area contributed by atoms with Crippen molar-refractivity contribution in [1.29, 1.82) is 0 Å². The average molecular weight is 434 g/mol. The maximum atomic E-state index is 13.0. The Morgan fingerprint density at radius 1 is 0.969 bits per heavy atom. The van der Waals surface area contributed by atoms with Gasteiger partial charge in [-0.3, -0.25) is 14.3 Å². The Kier molecular flexibility index (Phi) is 4.98. The first-order chi connectivity index (χ1) is 15.4. The fraction of sp³-hybridized carbons (Fsp3) is 0.375. The fourth-order valence-corrected chi connectivity index (χ4v) is 4.43. The summed E-state index contributed by atoms with van der Waals surface area (Å²) < 4.78 is 6.85. The maximum absolute atomic E-state index is 13.0. The lowest BCUT2D eigenvalue weighted by molar-refractivity contribution is -0.201. The lowest BCUT2D eigenvalue weighted by atomic mass is 10.00. The molecule has 3 heterocycles. The van der Waals surface area contributed by atoms with Gasteiger partial charge in [0.15, 0.2) is 5.60 Å². The quantitative estimate of drug-likeness (QED) is 0.677. The van der Waals surface area contributed by atoms with E-state index in [2.05, 4.69) is 23.3 Å². The molecule has 0 saturated carbocycles. The molecule has 2 aromatic carbocycles. The van der Waals surface area contributed by atoms with E-state index in [0.29, 0.717) is 31.7 Å². The number of carbonyl (C=O) groups is 2. The van der Waals surface area contributed by atoms with Gasteiger partial charge in [-0.2, -0.15) is 5.10 Å². The molecule has 32 heavy (non-hydrogen) atoms. The van der Waals surface area contributed by atoms with E-state index in [-0.39, 0.29) is 25.0 Å². The van der Waals surface area contributed by atoms with Gasteiger partial charge in [0, 0.05) is 44.2 Å². The number of aliphatic hydroxyl groups is 1. The van der Waals surface area contributed by atoms with Gasteiger partial charge in [-0.25, -0.2) is 0 Å². The molecule has 0 radical (unpaired) electrons. The van der Waals surface area contributed by atoms with E-state index in [1.807, 2.05) is 42.9 Å². The number of ether oxygens (including phenoxy) is 1. The molecule has 2 aliphatic rings. The molecule has 0 aliphatic carbocycles. The second kappa shape index (κ2) is 7.72. The zero-order chi connectivity index (χ0) is 22.5. The Morgan fingerprint density at radius 2 is 1.59 bits per heavy atom. The molecular formula is C24H26N4O4. The summed E-state index contributed by atoms with van der Waals surface area (Å²) in [6, 6.07) is 13.9. The minimum Gasteiger partial charge on any atom is -0.376 e. The van der Waals surface area contributed by atoms with Crippen molar-refractivity contribution in [2.75, 3.05) is 39.4 Å². The molecule has 1 aromatic heterocycles. The van der Waals surface area contributed by atoms with Crippen LogP contribution in [0.1, 0.15) is 16.1 Å². The number of rotatable bonds is 3. The van der Waals surface area contributed by atoms with E-state index < -0.39 is 5.60 Å². The van der Waals surface area contributed by atoms with Crippen LogP contribution in [0.2, 0.25) is 0 Å². The molecule has 0 bridgehead atoms. The molecule has 3 aromatic rings. The monoisotopic (exact) mass is 434 g/mol. The summed E-state index contributed by atoms with van der Waals surface area (Å²) in [6.07, 6.45) is 0. The highest BCUT2D eigenvalue weighted by atomic mass is 16.5. The van der Waals surface area contributed by atoms with Crippen molar-refractivity contribution in [1.82, 2.24) is 19.6 Å². The van der Waals surface area contributed by atoms with E-state index in [1.165, 1.54) is 0 Å². The summed E-state index contributed by atoms with van der Waals surface area (Å²) in [5.41, 5.74) is 3.44. The van der Waals surface area contributed by atoms with Crippen LogP contribution in [-0.2, 0) is 16.6 Å². The van der Waals surface area contributed by atoms with Crippen molar-refractivity contribution in [2.45, 2.75) is 12.5 Å². The van der Waals surface area contributed by atoms with Gasteiger partial charge in [-0.1, -0.05) is 18.2 Å². The third kappa shape index (κ3) is 3.45. The van der Waals surface area contributed by atoms with E-state index in [1.54, 1.807) is 9.80 Å². The molecule has 0 spiro atoms. The standard InChI is InChI=1S/C24H26N4O4/c1-16-20-13-19(7-8-21(20)26(2)25-16)17-3-5-18(6-4-17)22(29)27-9-11-28(12-10-27)23(30)24(31)14-32-15-24/h3-8,13,31H,9-12,14-15H2,1-2H3. The summed E-state index contributed by atoms with van der Waals surface area (Å²) >= 11 is 0. The topological polar surface area (TPSA) is 87.9 Å². The van der Waals surface area contributed by atoms with Gasteiger partial charge in [0.2, 0.25) is 0 Å². The molecular weight excluding hydrogens is 408 g/mol. The molecule has 5 rings (SSSR count). The number of nitrogens with zero attached hydrogens (tertiary/aromatic N) is 4. The normalized spacial score (nSPS) is 18.0. The van der Waals surface area contributed by atoms with E-state index in [9.17, 15) is 14.7 Å². The summed E-state index contributed by atoms with van der Waals surface area (Å²) in [6.45, 7) is 3.81. The van der Waals surface area contributed by atoms with Crippen molar-refractivity contribution in [3.8, 4) is 11.1 Å². The Morgan fingerprint density at radius 3 is 2.22 bits per heavy atom. The van der Waals surface area contributed by atoms with Crippen molar-refractivity contribution in [2.24, 2.45) is 7.05 Å². The first kappa shape index (κ1) is 20.7. The van der Waals surface area contributed by atoms with Crippen LogP contribution in [0.25, 0.3) is 22.0 Å². The predicted molar refractivity (Wildman–Crippen MR) is 119 cm³/mol. The molecule has 2 amide bonds. The number of aromatic nitrogens is 2. The largest absolute Gasteiger partial charge is 0.376 e. The molecule has 166 valence electrons. The number of hydrogen-bond donors (Lipinski definition) is 1. The summed E-state index contributed by atoms with van der Waals surface area (Å²) in [5, 5.41) is 15.8. The lowest BCUT2D eigenvalue weighted by Crippen LogP contribution is -2.64. The average Bonchev–Trinajstić information content (AvgIpc) is 3.09. The van der Waals surface area contributed by atoms with Crippen LogP contribution < -0.4 is 0 Å². The molecule has 0 unspecified atom stereocenters. The molecule has 8 nitrogen and oxygen atoms in total. The highest BCUT2D eigenvalue weighted by Crippen LogP contribution is 2.27. The Balaban J connectivity index is 1.26. The fourth-order valence-electron chi connectivity index (χ4n) is 4.43. The lowest BCUT2D eigenvalue weighted by Gasteiger charge is -2.42. The number of amides is 2. The van der Waals surface area contributed by atoms with Crippen molar-refractivity contribution < 1.29 is 19.4 Å². The Hall–Kier alpha value is -3.23. The molecule has 2 fully saturated rings. The van der Waals surface area contributed by atoms with E-state index in [4.69, 9.17) is 4.74 Å². The van der Waals surface area contributed by atoms with Crippen molar-refractivity contribution in [3.05, 3.63) is 53.7 Å². The minimum absolute atomic E-state index is 0.0462. The number of benzene rings is 2. The van der Waals surface area contributed by atoms with E-state index >= 15 is 0 Å². The highest BCUT2D eigenvalue weighted by molar-refractivity contribution is 5.95. The van der Waals surface area contributed by atoms with Crippen LogP contribution in [-0.4, -0.2) is 81.5 Å². The van der Waals surface area contributed by atoms with Gasteiger partial charge in [0.25, 0.3) is 11.8 Å². The van der Waals surface area contributed by atoms with Crippen LogP contribution in [0.4, 0.5) is 0 Å². The van der Waals surface area contributed by atoms with Crippen molar-refractivity contribution >= 4 is 22.7 Å². The Bertz CT molecular complexity index is 1190. The molecule has 2 saturated heterocycles. The number of fused-ring (bicyclic) bond motifs is 1. The number of aryl methyl sites for hydroxylation is 2. The third-order valence-corrected chi connectivity index (χ3v) is 6.43. The summed E-state index contributed by atoms with van der Waals surface area (Å²) in [4.78, 5) is 28.7. The minimum atomic E-state index is -1.39. The zero-order valence-electron chi connectivity index (χ0n) is 18.2. The van der Waals surface area contributed by atoms with Crippen molar-refractivity contribution in [3.63, 3.8) is 0 Å². The first-order valence-corrected chi connectivity index (χ1v) is 10.8. The smallest absolute Gasteiger partial charge is 0.259 e. The molecule has 0 atom stereocenters. The Labute approximate surface area is 186 Å². The van der Waals surface area contributed by atoms with Gasteiger partial charge in [-0.15, -0.1) is 0 Å². The second-order valence-electron chi connectivity index (χ2n) is 8.63. The van der Waals surface area contributed by atoms with Crippen LogP contribution in [0.5, 0.6) is 0 Å². The predicted octanol–water partition coefficient (Wildman–Crippen LogP) is 1.59. The SMILES string of the molecule is Cc1nn(C)c2ccc(-c3ccc(C(=O)N4CCN(C(=O)C5(O)COC5)CC4)cc3)cc12. The second-order valence-corrected chi connectivity index (χ2v) is 8.63. The number of carbonyl (C=O) groups excluding carboxylic acids is 2. The number of piperazine rings is 1. The summed E-state index contributed by atoms with van der Waals surface area (Å²) in [5.74, 6) is -0.353. The van der Waals surface area contributed by atoms with Crippen LogP contribution in [0, 0.1) is 6.92 Å². The number of hydrogen-bond acceptors (Lipinski definition) is 5. The summed E-state index contributed by atoms with van der Waals surface area (Å²) in [7, 11) is 1.94. The maximum Gasteiger partial charge on any atom is 0.259 e. The zero-order valence-corrected chi connectivity index (χ0v) is 18.2. The van der Waals surface area contributed by atoms with Crippen LogP contribution in [0.15, 0.2) is 42.5 Å². The molecule has 2 aliphatic heterocycles. The molecule has 8 heteroatoms. The third-order valence-electron chi connectivity index (χ3n) is 6.43. The van der Waals surface area contributed by atoms with Gasteiger partial charge in [0.1, 0.15) is 0 Å². The molecule has 1 N–H and O–H groups in total. The van der Waals surface area contributed by atoms with E-state index in [0.717, 1.165) is 27.7 Å².